The molecule has 2 aliphatic heterocycles. The van der Waals surface area contributed by atoms with Crippen LogP contribution in [0.25, 0.3) is 0 Å². The van der Waals surface area contributed by atoms with Gasteiger partial charge in [-0.25, -0.2) is 4.67 Å². The van der Waals surface area contributed by atoms with Gasteiger partial charge in [0.15, 0.2) is 37.0 Å². The molecule has 17 unspecified atom stereocenters. The molecule has 0 aliphatic carbocycles. The van der Waals surface area contributed by atoms with Crippen LogP contribution in [-0.2, 0) is 162 Å². The Bertz CT molecular complexity index is 3960. The Labute approximate surface area is 889 Å². The minimum atomic E-state index is -1.40. The second-order valence-corrected chi connectivity index (χ2v) is 40.2. The molecule has 2 rings (SSSR count). The van der Waals surface area contributed by atoms with E-state index < -0.39 is 184 Å². The Morgan fingerprint density at radius 1 is 0.353 bits per heavy atom. The molecular weight excluding hydrogens is 1980 g/mol. The van der Waals surface area contributed by atoms with Crippen LogP contribution in [0.4, 0.5) is 0 Å². The van der Waals surface area contributed by atoms with Crippen molar-refractivity contribution in [2.45, 2.75) is 491 Å². The minimum absolute atomic E-state index is 0.0980. The Morgan fingerprint density at radius 2 is 0.713 bits per heavy atom. The molecule has 2 aliphatic rings. The lowest BCUT2D eigenvalue weighted by Crippen LogP contribution is -2.66. The number of ether oxygens (including phenoxy) is 15. The van der Waals surface area contributed by atoms with Crippen molar-refractivity contribution in [3.63, 3.8) is 0 Å². The first-order valence-electron chi connectivity index (χ1n) is 54.2. The van der Waals surface area contributed by atoms with Crippen molar-refractivity contribution in [2.75, 3.05) is 72.5 Å². The highest BCUT2D eigenvalue weighted by atomic mass is 31.2. The molecule has 0 saturated carbocycles. The summed E-state index contributed by atoms with van der Waals surface area (Å²) in [4.78, 5) is 215. The Balaban J connectivity index is 2.18. The third kappa shape index (κ3) is 66.5. The maximum atomic E-state index is 14.7. The molecule has 0 radical (unpaired) electrons. The summed E-state index contributed by atoms with van der Waals surface area (Å²) in [7, 11) is -1.40. The Kier molecular flexibility index (Phi) is 75.7. The van der Waals surface area contributed by atoms with Gasteiger partial charge in [0, 0.05) is 154 Å². The number of nitrogens with zero attached hydrogens (tertiary/aromatic N) is 2. The van der Waals surface area contributed by atoms with Crippen LogP contribution in [-0.4, -0.2) is 288 Å². The molecular formula is C105H181N10O34P. The smallest absolute Gasteiger partial charge is 0.304 e. The maximum absolute atomic E-state index is 14.7. The molecule has 2 fully saturated rings. The molecule has 17 atom stereocenters. The van der Waals surface area contributed by atoms with Gasteiger partial charge in [0.05, 0.1) is 25.7 Å². The average Bonchev–Trinajstić information content (AvgIpc) is 0.786. The molecule has 8 N–H and O–H groups in total. The van der Waals surface area contributed by atoms with Crippen molar-refractivity contribution in [2.24, 2.45) is 0 Å². The minimum Gasteiger partial charge on any atom is -0.463 e. The number of carbonyl (C=O) groups excluding carboxylic acids is 17. The third-order valence-electron chi connectivity index (χ3n) is 24.2. The highest BCUT2D eigenvalue weighted by Crippen LogP contribution is 2.46. The molecule has 45 heteroatoms. The van der Waals surface area contributed by atoms with Gasteiger partial charge in [-0.1, -0.05) is 148 Å². The van der Waals surface area contributed by atoms with Gasteiger partial charge in [-0.2, -0.15) is 5.26 Å². The van der Waals surface area contributed by atoms with Crippen LogP contribution in [0, 0.1) is 11.3 Å². The van der Waals surface area contributed by atoms with Crippen molar-refractivity contribution in [3.05, 3.63) is 0 Å². The van der Waals surface area contributed by atoms with Gasteiger partial charge in [0.1, 0.15) is 68.4 Å². The summed E-state index contributed by atoms with van der Waals surface area (Å²) in [5, 5.41) is 32.2. The van der Waals surface area contributed by atoms with E-state index in [1.54, 1.807) is 0 Å². The lowest BCUT2D eigenvalue weighted by molar-refractivity contribution is -0.277. The number of unbranched alkanes of at least 4 members (excludes halogenated alkanes) is 29. The van der Waals surface area contributed by atoms with E-state index in [0.717, 1.165) is 168 Å². The van der Waals surface area contributed by atoms with E-state index >= 15 is 0 Å². The van der Waals surface area contributed by atoms with Gasteiger partial charge in [-0.05, 0) is 125 Å². The lowest BCUT2D eigenvalue weighted by atomic mass is 9.96. The second-order valence-electron chi connectivity index (χ2n) is 38.7. The fourth-order valence-electron chi connectivity index (χ4n) is 17.1. The van der Waals surface area contributed by atoms with E-state index in [-0.39, 0.29) is 108 Å². The predicted octanol–water partition coefficient (Wildman–Crippen LogP) is 11.8. The van der Waals surface area contributed by atoms with Crippen LogP contribution in [0.1, 0.15) is 381 Å². The van der Waals surface area contributed by atoms with Gasteiger partial charge in [-0.3, -0.25) is 81.5 Å². The first-order valence-corrected chi connectivity index (χ1v) is 55.3. The zero-order valence-corrected chi connectivity index (χ0v) is 93.3. The molecule has 0 aromatic carbocycles. The van der Waals surface area contributed by atoms with Crippen LogP contribution in [0.3, 0.4) is 0 Å². The molecule has 0 bridgehead atoms. The number of hydrogen-bond donors (Lipinski definition) is 8. The van der Waals surface area contributed by atoms with Crippen molar-refractivity contribution >= 4 is 110 Å². The van der Waals surface area contributed by atoms with Crippen LogP contribution in [0.5, 0.6) is 0 Å². The maximum Gasteiger partial charge on any atom is 0.304 e. The summed E-state index contributed by atoms with van der Waals surface area (Å²) in [5.74, 6) is -8.96. The van der Waals surface area contributed by atoms with Crippen molar-refractivity contribution in [1.82, 2.24) is 47.2 Å². The number of carbonyl (C=O) groups is 17. The predicted molar refractivity (Wildman–Crippen MR) is 550 cm³/mol. The summed E-state index contributed by atoms with van der Waals surface area (Å²) in [6.45, 7) is 25.5. The van der Waals surface area contributed by atoms with Gasteiger partial charge < -0.3 is 123 Å². The highest BCUT2D eigenvalue weighted by Gasteiger charge is 2.53. The number of nitriles is 1. The molecule has 150 heavy (non-hydrogen) atoms. The van der Waals surface area contributed by atoms with Crippen LogP contribution >= 0.6 is 8.53 Å². The molecule has 0 aromatic heterocycles. The number of esters is 9. The molecule has 2 heterocycles. The summed E-state index contributed by atoms with van der Waals surface area (Å²) < 4.78 is 99.4. The third-order valence-corrected chi connectivity index (χ3v) is 26.3. The van der Waals surface area contributed by atoms with E-state index in [4.69, 9.17) is 80.1 Å². The summed E-state index contributed by atoms with van der Waals surface area (Å²) >= 11 is 0. The standard InChI is InChI=1S/C105H181N10O34P/c1-71(2)115(72(3)4)150(140-67-53-59-106)139-66-52-40-36-46-62-109-100(131)86(54-44-47-60-107-91(128)56-41-34-28-22-19-26-32-39-51-65-135-105(102(112-76(8)118)146-85(17)127)147-88(68-136-77(9)119)73(5)141-80(12)122)114-101(132)87(113-93(130)58-43-35-29-23-20-25-31-38-50-64-134-104-95(111-75(7)117)99(145-84(16)126)97(143-82(14)124)90(149-104)70-138-79(11)121)55-45-48-61-108-92(129)57-42-33-27-21-18-24-30-37-49-63-133-103-94(110-74(6)116)98(144-83(15)125)96(142-81(13)123)89(148-103)69-137-78(10)120/h71-73,86-90,94-99,102-105H,18-58,60-70H2,1-17H3,(H,107,128)(H,108,129)(H,109,131)(H,110,116)(H,111,117)(H,112,118)(H,113,130)(H,114,132). The van der Waals surface area contributed by atoms with E-state index in [0.29, 0.717) is 110 Å². The molecule has 860 valence electrons. The quantitative estimate of drug-likeness (QED) is 0.00921. The van der Waals surface area contributed by atoms with E-state index in [1.165, 1.54) is 76.2 Å². The number of amides is 8. The second kappa shape index (κ2) is 83.1. The van der Waals surface area contributed by atoms with Crippen LogP contribution in [0.15, 0.2) is 0 Å². The molecule has 0 spiro atoms. The van der Waals surface area contributed by atoms with Crippen molar-refractivity contribution in [1.29, 1.82) is 5.26 Å². The van der Waals surface area contributed by atoms with Gasteiger partial charge in [0.2, 0.25) is 59.8 Å². The van der Waals surface area contributed by atoms with Crippen molar-refractivity contribution in [3.8, 4) is 6.07 Å². The number of hydrogen-bond acceptors (Lipinski definition) is 36. The Morgan fingerprint density at radius 3 is 1.10 bits per heavy atom. The van der Waals surface area contributed by atoms with Gasteiger partial charge in [-0.15, -0.1) is 0 Å². The summed E-state index contributed by atoms with van der Waals surface area (Å²) in [5.41, 5.74) is 0. The zero-order valence-electron chi connectivity index (χ0n) is 92.4. The zero-order chi connectivity index (χ0) is 112. The van der Waals surface area contributed by atoms with E-state index in [1.807, 2.05) is 0 Å². The fraction of sp³-hybridized carbons (Fsp3) is 0.829. The SMILES string of the molecule is CC(=O)NC(OC(C)=O)C(OCCCCCCCCCCCC(=O)NCCCCC(NC(=O)C(CCCCNC(=O)CCCCCCCCCCCOC1OC(COC(C)=O)C(OC(C)=O)C(OC(C)=O)C1NC(C)=O)NC(=O)CCCCCCCCCCCOC1OC(COC(C)=O)C(OC(C)=O)C(OC(C)=O)C1NC(C)=O)C(=O)NCCCCCCOP(OCCC#N)N(C(C)C)C(C)C)OC(COC(C)=O)C(C)OC(C)=O. The molecule has 0 aromatic rings. The van der Waals surface area contributed by atoms with Gasteiger partial charge in [0.25, 0.3) is 8.53 Å². The topological polar surface area (TPSA) is 570 Å². The molecule has 44 nitrogen and oxygen atoms in total. The molecule has 8 amide bonds. The summed E-state index contributed by atoms with van der Waals surface area (Å²) in [6.07, 6.45) is 14.9. The van der Waals surface area contributed by atoms with Gasteiger partial charge >= 0.3 is 53.7 Å². The largest absolute Gasteiger partial charge is 0.463 e. The van der Waals surface area contributed by atoms with E-state index in [2.05, 4.69) is 81.0 Å². The number of rotatable bonds is 86. The summed E-state index contributed by atoms with van der Waals surface area (Å²) in [6, 6.07) is -1.72. The fourth-order valence-corrected chi connectivity index (χ4v) is 18.7. The highest BCUT2D eigenvalue weighted by molar-refractivity contribution is 7.44. The van der Waals surface area contributed by atoms with E-state index in [9.17, 15) is 86.8 Å². The van der Waals surface area contributed by atoms with Crippen LogP contribution in [0.2, 0.25) is 0 Å². The molecule has 2 saturated heterocycles. The number of nitrogens with one attached hydrogen (secondary N) is 8. The lowest BCUT2D eigenvalue weighted by Gasteiger charge is -2.44. The monoisotopic (exact) mass is 2160 g/mol. The van der Waals surface area contributed by atoms with Crippen molar-refractivity contribution < 1.29 is 162 Å². The first-order chi connectivity index (χ1) is 71.5. The normalized spacial score (nSPS) is 18.8. The Hall–Kier alpha value is -9.45. The average molecular weight is 2160 g/mol. The van der Waals surface area contributed by atoms with Crippen LogP contribution < -0.4 is 42.5 Å². The first kappa shape index (κ1) is 137.